The maximum atomic E-state index is 12.0. The number of amides is 1. The predicted molar refractivity (Wildman–Crippen MR) is 75.0 cm³/mol. The number of nitrogens with zero attached hydrogens (tertiary/aromatic N) is 1. The number of carboxylic acids is 1. The van der Waals surface area contributed by atoms with Crippen LogP contribution in [-0.4, -0.2) is 32.3 Å². The van der Waals surface area contributed by atoms with Crippen molar-refractivity contribution in [3.05, 3.63) is 32.8 Å². The van der Waals surface area contributed by atoms with Gasteiger partial charge in [0.25, 0.3) is 11.1 Å². The summed E-state index contributed by atoms with van der Waals surface area (Å²) in [5, 5.41) is 14.0. The van der Waals surface area contributed by atoms with Crippen molar-refractivity contribution in [2.45, 2.75) is 39.8 Å². The zero-order valence-corrected chi connectivity index (χ0v) is 12.4. The van der Waals surface area contributed by atoms with E-state index in [1.54, 1.807) is 13.8 Å². The SMILES string of the molecule is CC(C)(NC(=O)Cn1[nH]c(=O)ccc1=O)C(C)(C)C(=O)O. The first-order chi connectivity index (χ1) is 9.47. The van der Waals surface area contributed by atoms with Crippen LogP contribution in [0.15, 0.2) is 21.7 Å². The molecule has 116 valence electrons. The quantitative estimate of drug-likeness (QED) is 0.679. The minimum absolute atomic E-state index is 0.395. The van der Waals surface area contributed by atoms with Gasteiger partial charge in [0.05, 0.1) is 11.0 Å². The number of aliphatic carboxylic acids is 1. The highest BCUT2D eigenvalue weighted by Gasteiger charge is 2.44. The molecule has 1 amide bonds. The Bertz CT molecular complexity index is 669. The van der Waals surface area contributed by atoms with Crippen LogP contribution in [0, 0.1) is 5.41 Å². The van der Waals surface area contributed by atoms with Gasteiger partial charge in [-0.2, -0.15) is 0 Å². The van der Waals surface area contributed by atoms with Gasteiger partial charge in [-0.3, -0.25) is 24.3 Å². The van der Waals surface area contributed by atoms with Crippen LogP contribution in [0.2, 0.25) is 0 Å². The lowest BCUT2D eigenvalue weighted by Gasteiger charge is -2.38. The van der Waals surface area contributed by atoms with E-state index in [1.165, 1.54) is 13.8 Å². The maximum absolute atomic E-state index is 12.0. The highest BCUT2D eigenvalue weighted by atomic mass is 16.4. The van der Waals surface area contributed by atoms with Gasteiger partial charge in [-0.25, -0.2) is 4.68 Å². The second-order valence-electron chi connectivity index (χ2n) is 5.84. The van der Waals surface area contributed by atoms with E-state index in [-0.39, 0.29) is 0 Å². The molecule has 0 bridgehead atoms. The van der Waals surface area contributed by atoms with E-state index in [0.29, 0.717) is 0 Å². The van der Waals surface area contributed by atoms with Crippen molar-refractivity contribution in [3.63, 3.8) is 0 Å². The molecule has 0 saturated heterocycles. The molecule has 0 radical (unpaired) electrons. The standard InChI is InChI=1S/C13H19N3O5/c1-12(2,11(20)21)13(3,4)14-9(18)7-16-10(19)6-5-8(17)15-16/h5-6H,7H2,1-4H3,(H,14,18)(H,15,17)(H,20,21). The third kappa shape index (κ3) is 3.59. The summed E-state index contributed by atoms with van der Waals surface area (Å²) >= 11 is 0. The molecule has 0 aliphatic rings. The predicted octanol–water partition coefficient (Wildman–Crippen LogP) is -0.458. The first-order valence-corrected chi connectivity index (χ1v) is 6.32. The van der Waals surface area contributed by atoms with Crippen molar-refractivity contribution in [1.29, 1.82) is 0 Å². The van der Waals surface area contributed by atoms with Gasteiger partial charge in [-0.05, 0) is 27.7 Å². The molecular formula is C13H19N3O5. The molecule has 0 fully saturated rings. The van der Waals surface area contributed by atoms with Crippen LogP contribution in [0.5, 0.6) is 0 Å². The number of aromatic nitrogens is 2. The van der Waals surface area contributed by atoms with Crippen molar-refractivity contribution < 1.29 is 14.7 Å². The Balaban J connectivity index is 2.92. The first-order valence-electron chi connectivity index (χ1n) is 6.32. The Hall–Kier alpha value is -2.38. The van der Waals surface area contributed by atoms with E-state index in [4.69, 9.17) is 0 Å². The summed E-state index contributed by atoms with van der Waals surface area (Å²) in [4.78, 5) is 45.9. The molecule has 0 atom stereocenters. The Morgan fingerprint density at radius 1 is 1.24 bits per heavy atom. The van der Waals surface area contributed by atoms with Gasteiger partial charge >= 0.3 is 5.97 Å². The zero-order valence-electron chi connectivity index (χ0n) is 12.4. The number of H-pyrrole nitrogens is 1. The molecule has 3 N–H and O–H groups in total. The minimum atomic E-state index is -1.21. The lowest BCUT2D eigenvalue weighted by molar-refractivity contribution is -0.151. The number of carbonyl (C=O) groups is 2. The lowest BCUT2D eigenvalue weighted by Crippen LogP contribution is -2.57. The van der Waals surface area contributed by atoms with Crippen LogP contribution in [0.1, 0.15) is 27.7 Å². The molecule has 1 rings (SSSR count). The Kier molecular flexibility index (Phi) is 4.40. The van der Waals surface area contributed by atoms with E-state index in [2.05, 4.69) is 10.4 Å². The number of carbonyl (C=O) groups excluding carboxylic acids is 1. The topological polar surface area (TPSA) is 121 Å². The van der Waals surface area contributed by atoms with Crippen molar-refractivity contribution in [2.75, 3.05) is 0 Å². The number of hydrogen-bond acceptors (Lipinski definition) is 4. The number of hydrogen-bond donors (Lipinski definition) is 3. The average Bonchev–Trinajstić information content (AvgIpc) is 2.32. The molecule has 1 heterocycles. The fourth-order valence-electron chi connectivity index (χ4n) is 1.54. The normalized spacial score (nSPS) is 12.0. The van der Waals surface area contributed by atoms with Crippen LogP contribution in [0.3, 0.4) is 0 Å². The summed E-state index contributed by atoms with van der Waals surface area (Å²) in [5.41, 5.74) is -3.29. The molecule has 0 unspecified atom stereocenters. The number of aromatic amines is 1. The summed E-state index contributed by atoms with van der Waals surface area (Å²) in [7, 11) is 0. The molecule has 0 spiro atoms. The first kappa shape index (κ1) is 16.7. The van der Waals surface area contributed by atoms with Crippen LogP contribution >= 0.6 is 0 Å². The van der Waals surface area contributed by atoms with Gasteiger partial charge in [0.15, 0.2) is 0 Å². The summed E-state index contributed by atoms with van der Waals surface area (Å²) in [6, 6.07) is 2.12. The van der Waals surface area contributed by atoms with Gasteiger partial charge in [-0.15, -0.1) is 0 Å². The van der Waals surface area contributed by atoms with E-state index < -0.39 is 40.5 Å². The lowest BCUT2D eigenvalue weighted by atomic mass is 9.74. The molecule has 1 aromatic rings. The third-order valence-corrected chi connectivity index (χ3v) is 3.74. The van der Waals surface area contributed by atoms with Crippen molar-refractivity contribution in [3.8, 4) is 0 Å². The highest BCUT2D eigenvalue weighted by Crippen LogP contribution is 2.30. The minimum Gasteiger partial charge on any atom is -0.481 e. The second-order valence-corrected chi connectivity index (χ2v) is 5.84. The number of nitrogens with one attached hydrogen (secondary N) is 2. The molecule has 8 nitrogen and oxygen atoms in total. The van der Waals surface area contributed by atoms with E-state index in [0.717, 1.165) is 16.8 Å². The molecule has 1 aromatic heterocycles. The third-order valence-electron chi connectivity index (χ3n) is 3.74. The monoisotopic (exact) mass is 297 g/mol. The smallest absolute Gasteiger partial charge is 0.311 e. The molecule has 0 aromatic carbocycles. The maximum Gasteiger partial charge on any atom is 0.311 e. The summed E-state index contributed by atoms with van der Waals surface area (Å²) in [6.07, 6.45) is 0. The Morgan fingerprint density at radius 3 is 2.33 bits per heavy atom. The van der Waals surface area contributed by atoms with E-state index in [9.17, 15) is 24.3 Å². The largest absolute Gasteiger partial charge is 0.481 e. The zero-order chi connectivity index (χ0) is 16.4. The van der Waals surface area contributed by atoms with Gasteiger partial charge in [0.2, 0.25) is 5.91 Å². The fourth-order valence-corrected chi connectivity index (χ4v) is 1.54. The van der Waals surface area contributed by atoms with Gasteiger partial charge in [-0.1, -0.05) is 0 Å². The summed E-state index contributed by atoms with van der Waals surface area (Å²) in [6.45, 7) is 5.75. The van der Waals surface area contributed by atoms with Crippen molar-refractivity contribution in [1.82, 2.24) is 15.1 Å². The highest BCUT2D eigenvalue weighted by molar-refractivity contribution is 5.80. The number of carboxylic acid groups (broad SMARTS) is 1. The molecule has 21 heavy (non-hydrogen) atoms. The molecule has 0 aliphatic heterocycles. The van der Waals surface area contributed by atoms with Gasteiger partial charge in [0.1, 0.15) is 6.54 Å². The van der Waals surface area contributed by atoms with Crippen LogP contribution in [0.25, 0.3) is 0 Å². The Morgan fingerprint density at radius 2 is 1.81 bits per heavy atom. The number of rotatable bonds is 5. The van der Waals surface area contributed by atoms with E-state index in [1.807, 2.05) is 0 Å². The van der Waals surface area contributed by atoms with Gasteiger partial charge < -0.3 is 10.4 Å². The van der Waals surface area contributed by atoms with Gasteiger partial charge in [0, 0.05) is 12.1 Å². The summed E-state index contributed by atoms with van der Waals surface area (Å²) in [5.74, 6) is -1.63. The molecule has 0 saturated carbocycles. The van der Waals surface area contributed by atoms with Crippen LogP contribution in [0.4, 0.5) is 0 Å². The summed E-state index contributed by atoms with van der Waals surface area (Å²) < 4.78 is 0.863. The second kappa shape index (κ2) is 5.55. The average molecular weight is 297 g/mol. The van der Waals surface area contributed by atoms with Crippen molar-refractivity contribution >= 4 is 11.9 Å². The van der Waals surface area contributed by atoms with Crippen molar-refractivity contribution in [2.24, 2.45) is 5.41 Å². The Labute approximate surface area is 120 Å². The van der Waals surface area contributed by atoms with Crippen LogP contribution < -0.4 is 16.4 Å². The van der Waals surface area contributed by atoms with E-state index >= 15 is 0 Å². The molecule has 0 aliphatic carbocycles. The molecular weight excluding hydrogens is 278 g/mol. The molecule has 8 heteroatoms. The van der Waals surface area contributed by atoms with Crippen LogP contribution in [-0.2, 0) is 16.1 Å². The fraction of sp³-hybridized carbons (Fsp3) is 0.538.